The number of rotatable bonds is 16. The van der Waals surface area contributed by atoms with Gasteiger partial charge in [-0.3, -0.25) is 9.59 Å². The molecule has 2 heterocycles. The molecule has 0 spiro atoms. The van der Waals surface area contributed by atoms with Crippen molar-refractivity contribution in [3.05, 3.63) is 233 Å². The van der Waals surface area contributed by atoms with Crippen LogP contribution in [-0.2, 0) is 34.1 Å². The fraction of sp³-hybridized carbons (Fsp3) is 0.177. The third-order valence-corrected chi connectivity index (χ3v) is 12.8. The minimum absolute atomic E-state index is 0.0522. The Morgan fingerprint density at radius 3 is 1.23 bits per heavy atom. The number of esters is 4. The summed E-state index contributed by atoms with van der Waals surface area (Å²) in [6.07, 6.45) is 1.65. The third-order valence-electron chi connectivity index (χ3n) is 12.3. The molecule has 79 heavy (non-hydrogen) atoms. The lowest BCUT2D eigenvalue weighted by atomic mass is 9.76. The van der Waals surface area contributed by atoms with E-state index in [2.05, 4.69) is 26.0 Å². The van der Waals surface area contributed by atoms with Crippen LogP contribution in [0.5, 0.6) is 0 Å². The maximum Gasteiger partial charge on any atom is 0.365 e. The number of carbonyl (C=O) groups excluding carboxylic acids is 4. The molecule has 17 heteroatoms. The van der Waals surface area contributed by atoms with Crippen molar-refractivity contribution in [2.24, 2.45) is 10.8 Å². The van der Waals surface area contributed by atoms with Gasteiger partial charge in [-0.05, 0) is 129 Å². The average molecular weight is 1100 g/mol. The molecule has 7 aromatic carbocycles. The molecule has 3 N–H and O–H groups in total. The number of H-pyrrole nitrogens is 1. The molecule has 0 saturated carbocycles. The fourth-order valence-electron chi connectivity index (χ4n) is 8.20. The highest BCUT2D eigenvalue weighted by molar-refractivity contribution is 6.31. The van der Waals surface area contributed by atoms with Crippen LogP contribution in [0.2, 0.25) is 10.0 Å². The Morgan fingerprint density at radius 1 is 0.468 bits per heavy atom. The second-order valence-electron chi connectivity index (χ2n) is 20.0. The normalized spacial score (nSPS) is 11.3. The predicted octanol–water partition coefficient (Wildman–Crippen LogP) is 14.1. The summed E-state index contributed by atoms with van der Waals surface area (Å²) in [5.41, 5.74) is 5.77. The van der Waals surface area contributed by atoms with Crippen molar-refractivity contribution in [1.29, 1.82) is 0 Å². The van der Waals surface area contributed by atoms with Gasteiger partial charge in [-0.1, -0.05) is 163 Å². The largest absolute Gasteiger partial charge is 0.427 e. The summed E-state index contributed by atoms with van der Waals surface area (Å²) in [5.74, 6) is -1.98. The number of hydrogen-bond donors (Lipinski definition) is 3. The summed E-state index contributed by atoms with van der Waals surface area (Å²) in [4.78, 5) is 55.5. The second kappa shape index (κ2) is 25.0. The molecule has 15 nitrogen and oxygen atoms in total. The smallest absolute Gasteiger partial charge is 0.365 e. The van der Waals surface area contributed by atoms with E-state index in [9.17, 15) is 19.2 Å². The molecule has 0 fully saturated rings. The van der Waals surface area contributed by atoms with Crippen molar-refractivity contribution in [3.63, 3.8) is 0 Å². The zero-order valence-electron chi connectivity index (χ0n) is 44.2. The molecule has 2 aromatic heterocycles. The van der Waals surface area contributed by atoms with E-state index < -0.39 is 53.8 Å². The van der Waals surface area contributed by atoms with Crippen LogP contribution < -0.4 is 10.6 Å². The van der Waals surface area contributed by atoms with Crippen molar-refractivity contribution in [1.82, 2.24) is 25.0 Å². The predicted molar refractivity (Wildman–Crippen MR) is 305 cm³/mol. The highest BCUT2D eigenvalue weighted by Gasteiger charge is 2.42. The number of nitrogens with zero attached hydrogens (tertiary/aromatic N) is 4. The van der Waals surface area contributed by atoms with E-state index in [1.165, 1.54) is 0 Å². The molecule has 402 valence electrons. The van der Waals surface area contributed by atoms with Gasteiger partial charge in [0, 0.05) is 21.4 Å². The molecular formula is C62H57Cl2N7O8. The van der Waals surface area contributed by atoms with Gasteiger partial charge in [-0.2, -0.15) is 5.21 Å². The van der Waals surface area contributed by atoms with Gasteiger partial charge in [0.05, 0.1) is 17.2 Å². The Balaban J connectivity index is 0.000000234. The van der Waals surface area contributed by atoms with Crippen molar-refractivity contribution < 1.29 is 38.1 Å². The number of aromatic amines is 1. The molecule has 0 saturated heterocycles. The van der Waals surface area contributed by atoms with Gasteiger partial charge in [0.1, 0.15) is 5.54 Å². The minimum atomic E-state index is -1.05. The maximum absolute atomic E-state index is 14.3. The van der Waals surface area contributed by atoms with E-state index in [-0.39, 0.29) is 23.0 Å². The van der Waals surface area contributed by atoms with Crippen LogP contribution in [0.3, 0.4) is 0 Å². The van der Waals surface area contributed by atoms with Gasteiger partial charge in [0.2, 0.25) is 19.3 Å². The van der Waals surface area contributed by atoms with Crippen LogP contribution in [-0.4, -0.2) is 62.4 Å². The highest BCUT2D eigenvalue weighted by atomic mass is 35.5. The number of nitrogens with one attached hydrogen (secondary N) is 3. The number of carbonyl (C=O) groups is 4. The standard InChI is InChI=1S/C41H36ClN3O4.C21H21ClN4O4/c1-40(2,3)39(47)49-28-48-38(46)36-37(44-35-25-21-30(22-26-35)29-19-23-34(42)24-20-29)43-27-45(36)41(31-13-7-4-8-14-31,32-15-9-5-10-16-32)33-17-11-6-12-18-33;1-21(2,3)20(28)30-12-29-19(27)17-18(25-26-24-17)23-16-10-6-14(7-11-16)13-4-8-15(22)9-5-13/h4-27,44H,28H2,1-3H3;4-11H,12H2,1-3H3,(H2,23,24,25,26). The Hall–Kier alpha value is -9.05. The molecule has 0 bridgehead atoms. The van der Waals surface area contributed by atoms with E-state index in [0.717, 1.165) is 38.9 Å². The molecule has 0 aliphatic carbocycles. The van der Waals surface area contributed by atoms with Crippen LogP contribution in [0.1, 0.15) is 79.2 Å². The quantitative estimate of drug-likeness (QED) is 0.0471. The van der Waals surface area contributed by atoms with Gasteiger partial charge < -0.3 is 34.1 Å². The highest BCUT2D eigenvalue weighted by Crippen LogP contribution is 2.43. The molecule has 0 aliphatic rings. The summed E-state index contributed by atoms with van der Waals surface area (Å²) >= 11 is 12.0. The summed E-state index contributed by atoms with van der Waals surface area (Å²) in [6, 6.07) is 60.4. The number of imidazole rings is 1. The summed E-state index contributed by atoms with van der Waals surface area (Å²) in [5, 5.41) is 17.8. The van der Waals surface area contributed by atoms with E-state index >= 15 is 0 Å². The van der Waals surface area contributed by atoms with Gasteiger partial charge >= 0.3 is 23.9 Å². The van der Waals surface area contributed by atoms with Crippen LogP contribution in [0.25, 0.3) is 22.3 Å². The number of benzene rings is 7. The molecule has 0 radical (unpaired) electrons. The van der Waals surface area contributed by atoms with Crippen LogP contribution in [0.15, 0.2) is 194 Å². The SMILES string of the molecule is CC(C)(C)C(=O)OCOC(=O)c1c(Nc2ccc(-c3ccc(Cl)cc3)cc2)ncn1C(c1ccccc1)(c1ccccc1)c1ccccc1.CC(C)(C)C(=O)OCOC(=O)c1n[nH]nc1Nc1ccc(-c2ccc(Cl)cc2)cc1. The topological polar surface area (TPSA) is 189 Å². The van der Waals surface area contributed by atoms with Crippen LogP contribution >= 0.6 is 23.2 Å². The van der Waals surface area contributed by atoms with Crippen LogP contribution in [0.4, 0.5) is 23.0 Å². The van der Waals surface area contributed by atoms with E-state index in [4.69, 9.17) is 47.1 Å². The van der Waals surface area contributed by atoms with Gasteiger partial charge in [-0.15, -0.1) is 10.2 Å². The first-order valence-corrected chi connectivity index (χ1v) is 25.8. The van der Waals surface area contributed by atoms with Crippen molar-refractivity contribution in [3.8, 4) is 22.3 Å². The van der Waals surface area contributed by atoms with Gasteiger partial charge in [-0.25, -0.2) is 14.6 Å². The summed E-state index contributed by atoms with van der Waals surface area (Å²) in [7, 11) is 0. The van der Waals surface area contributed by atoms with Gasteiger partial charge in [0.15, 0.2) is 17.3 Å². The van der Waals surface area contributed by atoms with Crippen molar-refractivity contribution >= 4 is 70.1 Å². The monoisotopic (exact) mass is 1100 g/mol. The Kier molecular flexibility index (Phi) is 17.7. The first-order valence-electron chi connectivity index (χ1n) is 25.0. The number of anilines is 4. The first kappa shape index (κ1) is 56.2. The van der Waals surface area contributed by atoms with E-state index in [1.807, 2.05) is 193 Å². The maximum atomic E-state index is 14.3. The number of halogens is 2. The minimum Gasteiger partial charge on any atom is -0.427 e. The zero-order valence-corrected chi connectivity index (χ0v) is 45.7. The lowest BCUT2D eigenvalue weighted by Crippen LogP contribution is -2.39. The molecule has 0 aliphatic heterocycles. The zero-order chi connectivity index (χ0) is 56.2. The number of hydrogen-bond acceptors (Lipinski definition) is 13. The van der Waals surface area contributed by atoms with E-state index in [1.54, 1.807) is 47.9 Å². The fourth-order valence-corrected chi connectivity index (χ4v) is 8.45. The molecule has 9 aromatic rings. The molecule has 0 amide bonds. The van der Waals surface area contributed by atoms with Crippen molar-refractivity contribution in [2.45, 2.75) is 47.1 Å². The molecule has 0 atom stereocenters. The summed E-state index contributed by atoms with van der Waals surface area (Å²) in [6.45, 7) is 9.27. The van der Waals surface area contributed by atoms with Crippen molar-refractivity contribution in [2.75, 3.05) is 24.2 Å². The lowest BCUT2D eigenvalue weighted by Gasteiger charge is -2.38. The second-order valence-corrected chi connectivity index (χ2v) is 20.9. The molecule has 9 rings (SSSR count). The van der Waals surface area contributed by atoms with Gasteiger partial charge in [0.25, 0.3) is 0 Å². The number of aromatic nitrogens is 5. The van der Waals surface area contributed by atoms with E-state index in [0.29, 0.717) is 21.4 Å². The lowest BCUT2D eigenvalue weighted by molar-refractivity contribution is -0.162. The average Bonchev–Trinajstić information content (AvgIpc) is 4.24. The molecular weight excluding hydrogens is 1040 g/mol. The summed E-state index contributed by atoms with van der Waals surface area (Å²) < 4.78 is 22.7. The van der Waals surface area contributed by atoms with Crippen LogP contribution in [0, 0.1) is 10.8 Å². The first-order chi connectivity index (χ1) is 37.9. The Labute approximate surface area is 467 Å². The Morgan fingerprint density at radius 2 is 0.835 bits per heavy atom. The Bertz CT molecular complexity index is 3390. The molecule has 0 unspecified atom stereocenters. The third kappa shape index (κ3) is 13.7. The number of ether oxygens (including phenoxy) is 4.